The minimum Gasteiger partial charge on any atom is -0.468 e. The minimum absolute atomic E-state index is 0.0740. The number of hydrogen-bond donors (Lipinski definition) is 2. The van der Waals surface area contributed by atoms with Crippen molar-refractivity contribution in [2.75, 3.05) is 6.54 Å². The van der Waals surface area contributed by atoms with Crippen molar-refractivity contribution in [3.05, 3.63) is 24.2 Å². The molecule has 2 unspecified atom stereocenters. The van der Waals surface area contributed by atoms with E-state index in [1.165, 1.54) is 0 Å². The average molecular weight is 194 g/mol. The molecule has 1 saturated heterocycles. The van der Waals surface area contributed by atoms with Gasteiger partial charge in [0.15, 0.2) is 0 Å². The molecule has 1 aromatic rings. The van der Waals surface area contributed by atoms with Gasteiger partial charge in [0.1, 0.15) is 5.76 Å². The molecule has 2 rings (SSSR count). The highest BCUT2D eigenvalue weighted by atomic mass is 16.3. The van der Waals surface area contributed by atoms with E-state index in [0.29, 0.717) is 0 Å². The second-order valence-corrected chi connectivity index (χ2v) is 3.54. The van der Waals surface area contributed by atoms with Crippen molar-refractivity contribution < 1.29 is 9.21 Å². The molecule has 2 heterocycles. The minimum atomic E-state index is -0.0740. The zero-order valence-electron chi connectivity index (χ0n) is 8.12. The summed E-state index contributed by atoms with van der Waals surface area (Å²) in [5, 5.41) is 6.01. The summed E-state index contributed by atoms with van der Waals surface area (Å²) in [5.41, 5.74) is 0. The van der Waals surface area contributed by atoms with E-state index in [0.717, 1.165) is 18.7 Å². The molecule has 4 nitrogen and oxygen atoms in total. The van der Waals surface area contributed by atoms with E-state index in [1.807, 2.05) is 19.1 Å². The Balaban J connectivity index is 1.94. The largest absolute Gasteiger partial charge is 0.468 e. The van der Waals surface area contributed by atoms with E-state index in [4.69, 9.17) is 4.42 Å². The lowest BCUT2D eigenvalue weighted by Crippen LogP contribution is -2.37. The predicted octanol–water partition coefficient (Wildman–Crippen LogP) is 0.819. The zero-order chi connectivity index (χ0) is 9.97. The van der Waals surface area contributed by atoms with Crippen LogP contribution in [0, 0.1) is 0 Å². The standard InChI is InChI=1S/C10H14N2O2/c1-7(9-3-2-6-14-9)12-8-4-5-11-10(8)13/h2-3,6-8,12H,4-5H2,1H3,(H,11,13). The Hall–Kier alpha value is -1.29. The lowest BCUT2D eigenvalue weighted by atomic mass is 10.2. The summed E-state index contributed by atoms with van der Waals surface area (Å²) in [6, 6.07) is 3.76. The second kappa shape index (κ2) is 3.84. The summed E-state index contributed by atoms with van der Waals surface area (Å²) in [5.74, 6) is 0.952. The van der Waals surface area contributed by atoms with Gasteiger partial charge in [-0.15, -0.1) is 0 Å². The molecule has 2 N–H and O–H groups in total. The third kappa shape index (κ3) is 1.80. The molecule has 4 heteroatoms. The van der Waals surface area contributed by atoms with Crippen molar-refractivity contribution in [1.82, 2.24) is 10.6 Å². The van der Waals surface area contributed by atoms with E-state index < -0.39 is 0 Å². The summed E-state index contributed by atoms with van der Waals surface area (Å²) < 4.78 is 5.25. The first kappa shape index (κ1) is 9.27. The third-order valence-corrected chi connectivity index (χ3v) is 2.47. The first-order valence-corrected chi connectivity index (χ1v) is 4.84. The van der Waals surface area contributed by atoms with E-state index in [-0.39, 0.29) is 18.0 Å². The molecule has 1 fully saturated rings. The van der Waals surface area contributed by atoms with E-state index in [2.05, 4.69) is 10.6 Å². The highest BCUT2D eigenvalue weighted by Gasteiger charge is 2.25. The van der Waals surface area contributed by atoms with Crippen LogP contribution in [0.15, 0.2) is 22.8 Å². The van der Waals surface area contributed by atoms with Crippen molar-refractivity contribution in [1.29, 1.82) is 0 Å². The van der Waals surface area contributed by atoms with Gasteiger partial charge in [0.2, 0.25) is 5.91 Å². The number of hydrogen-bond acceptors (Lipinski definition) is 3. The first-order valence-electron chi connectivity index (χ1n) is 4.84. The van der Waals surface area contributed by atoms with Gasteiger partial charge in [-0.25, -0.2) is 0 Å². The Morgan fingerprint density at radius 2 is 2.57 bits per heavy atom. The fourth-order valence-electron chi connectivity index (χ4n) is 1.67. The monoisotopic (exact) mass is 194 g/mol. The van der Waals surface area contributed by atoms with Crippen molar-refractivity contribution in [2.24, 2.45) is 0 Å². The first-order chi connectivity index (χ1) is 6.77. The number of nitrogens with one attached hydrogen (secondary N) is 2. The summed E-state index contributed by atoms with van der Waals surface area (Å²) in [7, 11) is 0. The van der Waals surface area contributed by atoms with Crippen molar-refractivity contribution in [3.8, 4) is 0 Å². The Kier molecular flexibility index (Phi) is 2.54. The van der Waals surface area contributed by atoms with Crippen LogP contribution in [0.2, 0.25) is 0 Å². The van der Waals surface area contributed by atoms with Gasteiger partial charge in [-0.05, 0) is 25.5 Å². The van der Waals surface area contributed by atoms with Gasteiger partial charge in [-0.1, -0.05) is 0 Å². The Morgan fingerprint density at radius 3 is 3.14 bits per heavy atom. The Morgan fingerprint density at radius 1 is 1.71 bits per heavy atom. The molecular formula is C10H14N2O2. The lowest BCUT2D eigenvalue weighted by Gasteiger charge is -2.15. The van der Waals surface area contributed by atoms with Gasteiger partial charge in [0, 0.05) is 6.54 Å². The van der Waals surface area contributed by atoms with E-state index >= 15 is 0 Å². The molecule has 0 spiro atoms. The van der Waals surface area contributed by atoms with Gasteiger partial charge in [-0.3, -0.25) is 10.1 Å². The molecule has 1 aliphatic heterocycles. The van der Waals surface area contributed by atoms with Crippen LogP contribution in [-0.2, 0) is 4.79 Å². The molecule has 0 aliphatic carbocycles. The van der Waals surface area contributed by atoms with Crippen molar-refractivity contribution in [2.45, 2.75) is 25.4 Å². The topological polar surface area (TPSA) is 54.3 Å². The molecular weight excluding hydrogens is 180 g/mol. The maximum Gasteiger partial charge on any atom is 0.237 e. The van der Waals surface area contributed by atoms with Gasteiger partial charge >= 0.3 is 0 Å². The summed E-state index contributed by atoms with van der Waals surface area (Å²) in [4.78, 5) is 11.3. The summed E-state index contributed by atoms with van der Waals surface area (Å²) in [6.07, 6.45) is 2.49. The number of rotatable bonds is 3. The quantitative estimate of drug-likeness (QED) is 0.749. The van der Waals surface area contributed by atoms with E-state index in [1.54, 1.807) is 6.26 Å². The smallest absolute Gasteiger partial charge is 0.237 e. The van der Waals surface area contributed by atoms with Gasteiger partial charge in [0.25, 0.3) is 0 Å². The van der Waals surface area contributed by atoms with Crippen molar-refractivity contribution in [3.63, 3.8) is 0 Å². The predicted molar refractivity (Wildman–Crippen MR) is 51.7 cm³/mol. The maximum absolute atomic E-state index is 11.3. The van der Waals surface area contributed by atoms with Crippen LogP contribution >= 0.6 is 0 Å². The summed E-state index contributed by atoms with van der Waals surface area (Å²) >= 11 is 0. The SMILES string of the molecule is CC(NC1CCNC1=O)c1ccco1. The molecule has 1 aliphatic rings. The van der Waals surface area contributed by atoms with Crippen LogP contribution in [0.1, 0.15) is 25.1 Å². The van der Waals surface area contributed by atoms with Gasteiger partial charge in [0.05, 0.1) is 18.3 Å². The average Bonchev–Trinajstić information content (AvgIpc) is 2.77. The number of furan rings is 1. The van der Waals surface area contributed by atoms with Crippen LogP contribution < -0.4 is 10.6 Å². The van der Waals surface area contributed by atoms with Gasteiger partial charge in [-0.2, -0.15) is 0 Å². The highest BCUT2D eigenvalue weighted by molar-refractivity contribution is 5.83. The molecule has 0 saturated carbocycles. The molecule has 2 atom stereocenters. The summed E-state index contributed by atoms with van der Waals surface area (Å²) in [6.45, 7) is 2.76. The highest BCUT2D eigenvalue weighted by Crippen LogP contribution is 2.14. The molecule has 76 valence electrons. The molecule has 0 radical (unpaired) electrons. The van der Waals surface area contributed by atoms with Crippen LogP contribution in [0.3, 0.4) is 0 Å². The van der Waals surface area contributed by atoms with Gasteiger partial charge < -0.3 is 9.73 Å². The molecule has 0 bridgehead atoms. The number of carbonyl (C=O) groups is 1. The fourth-order valence-corrected chi connectivity index (χ4v) is 1.67. The maximum atomic E-state index is 11.3. The normalized spacial score (nSPS) is 23.5. The number of amides is 1. The zero-order valence-corrected chi connectivity index (χ0v) is 8.12. The van der Waals surface area contributed by atoms with Crippen LogP contribution in [0.4, 0.5) is 0 Å². The van der Waals surface area contributed by atoms with E-state index in [9.17, 15) is 4.79 Å². The number of carbonyl (C=O) groups excluding carboxylic acids is 1. The molecule has 14 heavy (non-hydrogen) atoms. The molecule has 1 amide bonds. The van der Waals surface area contributed by atoms with Crippen molar-refractivity contribution >= 4 is 5.91 Å². The Bertz CT molecular complexity index is 308. The lowest BCUT2D eigenvalue weighted by molar-refractivity contribution is -0.121. The van der Waals surface area contributed by atoms with Crippen LogP contribution in [-0.4, -0.2) is 18.5 Å². The Labute approximate surface area is 82.7 Å². The van der Waals surface area contributed by atoms with Crippen LogP contribution in [0.5, 0.6) is 0 Å². The fraction of sp³-hybridized carbons (Fsp3) is 0.500. The molecule has 0 aromatic carbocycles. The van der Waals surface area contributed by atoms with Crippen LogP contribution in [0.25, 0.3) is 0 Å². The second-order valence-electron chi connectivity index (χ2n) is 3.54. The molecule has 1 aromatic heterocycles. The third-order valence-electron chi connectivity index (χ3n) is 2.47.